The molecule has 2 heteroatoms. The normalized spacial score (nSPS) is 10.9. The third kappa shape index (κ3) is 2.34. The van der Waals surface area contributed by atoms with Gasteiger partial charge in [0.05, 0.1) is 0 Å². The van der Waals surface area contributed by atoms with E-state index in [9.17, 15) is 0 Å². The number of rotatable bonds is 1. The zero-order valence-electron chi connectivity index (χ0n) is 10.5. The van der Waals surface area contributed by atoms with Crippen LogP contribution in [0.5, 0.6) is 0 Å². The first-order valence-corrected chi connectivity index (χ1v) is 6.85. The van der Waals surface area contributed by atoms with Crippen LogP contribution in [-0.2, 0) is 0 Å². The maximum absolute atomic E-state index is 6.33. The van der Waals surface area contributed by atoms with Crippen molar-refractivity contribution in [2.45, 2.75) is 6.92 Å². The van der Waals surface area contributed by atoms with Crippen LogP contribution < -0.4 is 0 Å². The van der Waals surface area contributed by atoms with E-state index in [2.05, 4.69) is 37.3 Å². The van der Waals surface area contributed by atoms with Gasteiger partial charge in [-0.1, -0.05) is 65.7 Å². The Morgan fingerprint density at radius 1 is 0.789 bits per heavy atom. The molecular formula is C17H12Cl2. The monoisotopic (exact) mass is 286 g/mol. The van der Waals surface area contributed by atoms with Gasteiger partial charge in [0.25, 0.3) is 0 Å². The summed E-state index contributed by atoms with van der Waals surface area (Å²) in [7, 11) is 0. The zero-order valence-corrected chi connectivity index (χ0v) is 12.0. The van der Waals surface area contributed by atoms with Crippen LogP contribution in [-0.4, -0.2) is 0 Å². The Bertz CT molecular complexity index is 760. The number of hydrogen-bond acceptors (Lipinski definition) is 0. The fourth-order valence-corrected chi connectivity index (χ4v) is 2.90. The van der Waals surface area contributed by atoms with Crippen LogP contribution in [0.3, 0.4) is 0 Å². The largest absolute Gasteiger partial charge is 0.0843 e. The van der Waals surface area contributed by atoms with Crippen LogP contribution in [0.1, 0.15) is 5.56 Å². The van der Waals surface area contributed by atoms with Crippen LogP contribution in [0.15, 0.2) is 54.6 Å². The predicted octanol–water partition coefficient (Wildman–Crippen LogP) is 6.12. The molecule has 0 saturated heterocycles. The molecule has 0 fully saturated rings. The minimum absolute atomic E-state index is 0.658. The molecule has 19 heavy (non-hydrogen) atoms. The minimum Gasteiger partial charge on any atom is -0.0843 e. The average Bonchev–Trinajstić information content (AvgIpc) is 2.38. The molecule has 3 rings (SSSR count). The Balaban J connectivity index is 2.35. The summed E-state index contributed by atoms with van der Waals surface area (Å²) in [4.78, 5) is 0. The third-order valence-electron chi connectivity index (χ3n) is 3.23. The van der Waals surface area contributed by atoms with Gasteiger partial charge in [-0.25, -0.2) is 0 Å². The zero-order chi connectivity index (χ0) is 13.4. The van der Waals surface area contributed by atoms with Gasteiger partial charge >= 0.3 is 0 Å². The van der Waals surface area contributed by atoms with E-state index in [0.717, 1.165) is 11.1 Å². The first kappa shape index (κ1) is 12.5. The highest BCUT2D eigenvalue weighted by molar-refractivity contribution is 6.36. The third-order valence-corrected chi connectivity index (χ3v) is 3.78. The molecule has 0 N–H and O–H groups in total. The fraction of sp³-hybridized carbons (Fsp3) is 0.0588. The number of fused-ring (bicyclic) bond motifs is 1. The molecular weight excluding hydrogens is 275 g/mol. The van der Waals surface area contributed by atoms with Crippen LogP contribution in [0.25, 0.3) is 21.9 Å². The molecule has 0 atom stereocenters. The maximum Gasteiger partial charge on any atom is 0.0499 e. The van der Waals surface area contributed by atoms with Gasteiger partial charge in [-0.05, 0) is 41.0 Å². The molecule has 0 unspecified atom stereocenters. The van der Waals surface area contributed by atoms with Gasteiger partial charge in [0.15, 0.2) is 0 Å². The molecule has 0 bridgehead atoms. The second-order valence-electron chi connectivity index (χ2n) is 4.66. The summed E-state index contributed by atoms with van der Waals surface area (Å²) in [5, 5.41) is 3.77. The van der Waals surface area contributed by atoms with E-state index in [0.29, 0.717) is 10.0 Å². The molecule has 0 aliphatic rings. The van der Waals surface area contributed by atoms with E-state index < -0.39 is 0 Å². The summed E-state index contributed by atoms with van der Waals surface area (Å²) in [6.45, 7) is 2.10. The average molecular weight is 287 g/mol. The van der Waals surface area contributed by atoms with Crippen LogP contribution in [0.2, 0.25) is 10.0 Å². The topological polar surface area (TPSA) is 0 Å². The summed E-state index contributed by atoms with van der Waals surface area (Å²) in [6.07, 6.45) is 0. The van der Waals surface area contributed by atoms with Crippen molar-refractivity contribution in [3.8, 4) is 11.1 Å². The number of hydrogen-bond donors (Lipinski definition) is 0. The lowest BCUT2D eigenvalue weighted by molar-refractivity contribution is 1.50. The van der Waals surface area contributed by atoms with E-state index in [1.54, 1.807) is 6.07 Å². The van der Waals surface area contributed by atoms with E-state index in [-0.39, 0.29) is 0 Å². The SMILES string of the molecule is Cc1cc(-c2ccc(Cl)cc2Cl)c2ccccc2c1. The van der Waals surface area contributed by atoms with E-state index in [1.807, 2.05) is 18.2 Å². The van der Waals surface area contributed by atoms with Crippen molar-refractivity contribution in [2.75, 3.05) is 0 Å². The summed E-state index contributed by atoms with van der Waals surface area (Å²) in [5.74, 6) is 0. The van der Waals surface area contributed by atoms with Crippen molar-refractivity contribution in [2.24, 2.45) is 0 Å². The van der Waals surface area contributed by atoms with Gasteiger partial charge in [0.1, 0.15) is 0 Å². The van der Waals surface area contributed by atoms with Gasteiger partial charge in [0, 0.05) is 15.6 Å². The highest BCUT2D eigenvalue weighted by atomic mass is 35.5. The Morgan fingerprint density at radius 3 is 2.37 bits per heavy atom. The van der Waals surface area contributed by atoms with Gasteiger partial charge < -0.3 is 0 Å². The Kier molecular flexibility index (Phi) is 3.22. The second kappa shape index (κ2) is 4.88. The fourth-order valence-electron chi connectivity index (χ4n) is 2.39. The van der Waals surface area contributed by atoms with Crippen molar-refractivity contribution in [1.82, 2.24) is 0 Å². The quantitative estimate of drug-likeness (QED) is 0.505. The number of aryl methyl sites for hydroxylation is 1. The van der Waals surface area contributed by atoms with Gasteiger partial charge in [0.2, 0.25) is 0 Å². The van der Waals surface area contributed by atoms with Gasteiger partial charge in [-0.3, -0.25) is 0 Å². The molecule has 0 aromatic heterocycles. The lowest BCUT2D eigenvalue weighted by Crippen LogP contribution is -1.85. The Labute approximate surface area is 122 Å². The molecule has 3 aromatic carbocycles. The summed E-state index contributed by atoms with van der Waals surface area (Å²) < 4.78 is 0. The molecule has 3 aromatic rings. The van der Waals surface area contributed by atoms with E-state index in [1.165, 1.54) is 16.3 Å². The van der Waals surface area contributed by atoms with Crippen molar-refractivity contribution in [3.05, 3.63) is 70.2 Å². The molecule has 0 nitrogen and oxygen atoms in total. The van der Waals surface area contributed by atoms with Crippen molar-refractivity contribution in [3.63, 3.8) is 0 Å². The van der Waals surface area contributed by atoms with Gasteiger partial charge in [-0.2, -0.15) is 0 Å². The van der Waals surface area contributed by atoms with Crippen molar-refractivity contribution >= 4 is 34.0 Å². The smallest absolute Gasteiger partial charge is 0.0499 e. The highest BCUT2D eigenvalue weighted by Crippen LogP contribution is 2.35. The second-order valence-corrected chi connectivity index (χ2v) is 5.50. The maximum atomic E-state index is 6.33. The first-order valence-electron chi connectivity index (χ1n) is 6.10. The Hall–Kier alpha value is -1.50. The standard InChI is InChI=1S/C17H12Cl2/c1-11-8-12-4-2-3-5-14(12)16(9-11)15-7-6-13(18)10-17(15)19/h2-10H,1H3. The molecule has 0 amide bonds. The van der Waals surface area contributed by atoms with E-state index >= 15 is 0 Å². The molecule has 0 spiro atoms. The lowest BCUT2D eigenvalue weighted by Gasteiger charge is -2.10. The summed E-state index contributed by atoms with van der Waals surface area (Å²) in [5.41, 5.74) is 3.39. The van der Waals surface area contributed by atoms with Crippen LogP contribution in [0, 0.1) is 6.92 Å². The molecule has 0 saturated carbocycles. The van der Waals surface area contributed by atoms with Crippen LogP contribution >= 0.6 is 23.2 Å². The van der Waals surface area contributed by atoms with E-state index in [4.69, 9.17) is 23.2 Å². The lowest BCUT2D eigenvalue weighted by atomic mass is 9.96. The van der Waals surface area contributed by atoms with Crippen molar-refractivity contribution in [1.29, 1.82) is 0 Å². The first-order chi connectivity index (χ1) is 9.15. The summed E-state index contributed by atoms with van der Waals surface area (Å²) in [6, 6.07) is 18.3. The molecule has 94 valence electrons. The number of benzene rings is 3. The predicted molar refractivity (Wildman–Crippen MR) is 84.1 cm³/mol. The van der Waals surface area contributed by atoms with Crippen LogP contribution in [0.4, 0.5) is 0 Å². The molecule has 0 heterocycles. The molecule has 0 aliphatic carbocycles. The van der Waals surface area contributed by atoms with Crippen molar-refractivity contribution < 1.29 is 0 Å². The molecule has 0 aliphatic heterocycles. The highest BCUT2D eigenvalue weighted by Gasteiger charge is 2.08. The molecule has 0 radical (unpaired) electrons. The Morgan fingerprint density at radius 2 is 1.58 bits per heavy atom. The number of halogens is 2. The summed E-state index contributed by atoms with van der Waals surface area (Å²) >= 11 is 12.3. The van der Waals surface area contributed by atoms with Gasteiger partial charge in [-0.15, -0.1) is 0 Å². The minimum atomic E-state index is 0.658.